The van der Waals surface area contributed by atoms with Crippen LogP contribution in [0.5, 0.6) is 0 Å². The number of aromatic nitrogens is 1. The minimum Gasteiger partial charge on any atom is -0.305 e. The van der Waals surface area contributed by atoms with Crippen molar-refractivity contribution in [1.29, 1.82) is 0 Å². The third-order valence-corrected chi connectivity index (χ3v) is 3.55. The fraction of sp³-hybridized carbons (Fsp3) is 0.312. The average Bonchev–Trinajstić information content (AvgIpc) is 2.38. The van der Waals surface area contributed by atoms with Gasteiger partial charge in [0.1, 0.15) is 0 Å². The van der Waals surface area contributed by atoms with Gasteiger partial charge in [0.15, 0.2) is 0 Å². The van der Waals surface area contributed by atoms with Crippen molar-refractivity contribution in [2.24, 2.45) is 0 Å². The van der Waals surface area contributed by atoms with Gasteiger partial charge in [0.05, 0.1) is 11.7 Å². The van der Waals surface area contributed by atoms with Crippen LogP contribution in [0.25, 0.3) is 0 Å². The lowest BCUT2D eigenvalue weighted by molar-refractivity contribution is 0.554. The first-order valence-corrected chi connectivity index (χ1v) is 6.42. The smallest absolute Gasteiger partial charge is 0.0757 e. The van der Waals surface area contributed by atoms with Gasteiger partial charge in [0.2, 0.25) is 0 Å². The van der Waals surface area contributed by atoms with Crippen molar-refractivity contribution in [2.45, 2.75) is 26.3 Å². The second-order valence-corrected chi connectivity index (χ2v) is 4.91. The van der Waals surface area contributed by atoms with E-state index in [1.807, 2.05) is 13.1 Å². The zero-order chi connectivity index (χ0) is 12.5. The highest BCUT2D eigenvalue weighted by molar-refractivity contribution is 5.39. The second kappa shape index (κ2) is 4.54. The molecule has 0 amide bonds. The lowest BCUT2D eigenvalue weighted by Gasteiger charge is -2.27. The molecular formula is C16H17N2. The molecule has 2 heteroatoms. The summed E-state index contributed by atoms with van der Waals surface area (Å²) in [5.41, 5.74) is 6.14. The Labute approximate surface area is 108 Å². The van der Waals surface area contributed by atoms with Crippen molar-refractivity contribution in [1.82, 2.24) is 10.3 Å². The van der Waals surface area contributed by atoms with Crippen LogP contribution in [0.3, 0.4) is 0 Å². The molecule has 1 N–H and O–H groups in total. The van der Waals surface area contributed by atoms with E-state index >= 15 is 0 Å². The lowest BCUT2D eigenvalue weighted by atomic mass is 9.90. The van der Waals surface area contributed by atoms with Gasteiger partial charge in [-0.15, -0.1) is 0 Å². The molecule has 1 aliphatic heterocycles. The average molecular weight is 237 g/mol. The molecule has 2 aromatic rings. The summed E-state index contributed by atoms with van der Waals surface area (Å²) in [6.45, 7) is 5.14. The molecule has 1 atom stereocenters. The van der Waals surface area contributed by atoms with Crippen molar-refractivity contribution >= 4 is 0 Å². The second-order valence-electron chi connectivity index (χ2n) is 4.91. The predicted octanol–water partition coefficient (Wildman–Crippen LogP) is 2.73. The highest BCUT2D eigenvalue weighted by Crippen LogP contribution is 2.29. The zero-order valence-corrected chi connectivity index (χ0v) is 10.8. The van der Waals surface area contributed by atoms with Crippen molar-refractivity contribution in [3.63, 3.8) is 0 Å². The molecule has 2 heterocycles. The van der Waals surface area contributed by atoms with Gasteiger partial charge >= 0.3 is 0 Å². The molecule has 0 saturated carbocycles. The molecule has 0 bridgehead atoms. The van der Waals surface area contributed by atoms with Gasteiger partial charge in [-0.3, -0.25) is 4.98 Å². The maximum Gasteiger partial charge on any atom is 0.0757 e. The van der Waals surface area contributed by atoms with Gasteiger partial charge in [-0.1, -0.05) is 24.3 Å². The van der Waals surface area contributed by atoms with E-state index in [1.54, 1.807) is 0 Å². The standard InChI is InChI=1S/C16H17N2/c1-11-9-12(2)15(18-10-11)16-14-6-4-3-5-13(14)7-8-17-16/h3-6,10,16-17H,7-8H2,1-2H3. The monoisotopic (exact) mass is 237 g/mol. The molecule has 1 aromatic carbocycles. The quantitative estimate of drug-likeness (QED) is 0.825. The number of nitrogens with one attached hydrogen (secondary N) is 1. The fourth-order valence-electron chi connectivity index (χ4n) is 2.69. The third-order valence-electron chi connectivity index (χ3n) is 3.55. The maximum atomic E-state index is 4.61. The number of hydrogen-bond acceptors (Lipinski definition) is 2. The molecule has 1 aliphatic rings. The van der Waals surface area contributed by atoms with Crippen LogP contribution in [0.2, 0.25) is 0 Å². The van der Waals surface area contributed by atoms with Crippen LogP contribution in [0.1, 0.15) is 34.0 Å². The van der Waals surface area contributed by atoms with Gasteiger partial charge in [-0.2, -0.15) is 0 Å². The van der Waals surface area contributed by atoms with Crippen molar-refractivity contribution < 1.29 is 0 Å². The van der Waals surface area contributed by atoms with Gasteiger partial charge < -0.3 is 5.32 Å². The Morgan fingerprint density at radius 3 is 2.94 bits per heavy atom. The summed E-state index contributed by atoms with van der Waals surface area (Å²) >= 11 is 0. The number of rotatable bonds is 1. The summed E-state index contributed by atoms with van der Waals surface area (Å²) in [5.74, 6) is 0. The first-order chi connectivity index (χ1) is 8.75. The Bertz CT molecular complexity index is 575. The van der Waals surface area contributed by atoms with Crippen LogP contribution in [0, 0.1) is 19.9 Å². The Balaban J connectivity index is 2.08. The lowest BCUT2D eigenvalue weighted by Crippen LogP contribution is -2.31. The van der Waals surface area contributed by atoms with Gasteiger partial charge in [-0.25, -0.2) is 0 Å². The largest absolute Gasteiger partial charge is 0.305 e. The number of aryl methyl sites for hydroxylation is 2. The van der Waals surface area contributed by atoms with Crippen LogP contribution >= 0.6 is 0 Å². The van der Waals surface area contributed by atoms with Gasteiger partial charge in [0.25, 0.3) is 0 Å². The number of fused-ring (bicyclic) bond motifs is 1. The van der Waals surface area contributed by atoms with Crippen molar-refractivity contribution in [2.75, 3.05) is 6.54 Å². The molecule has 0 saturated heterocycles. The van der Waals surface area contributed by atoms with E-state index in [0.717, 1.165) is 29.8 Å². The Hall–Kier alpha value is -1.67. The summed E-state index contributed by atoms with van der Waals surface area (Å²) in [5, 5.41) is 3.57. The zero-order valence-electron chi connectivity index (χ0n) is 10.8. The van der Waals surface area contributed by atoms with E-state index in [0.29, 0.717) is 0 Å². The molecule has 2 nitrogen and oxygen atoms in total. The Morgan fingerprint density at radius 1 is 1.28 bits per heavy atom. The summed E-state index contributed by atoms with van der Waals surface area (Å²) in [6, 6.07) is 12.2. The molecule has 0 aliphatic carbocycles. The van der Waals surface area contributed by atoms with Crippen LogP contribution in [-0.4, -0.2) is 11.5 Å². The molecule has 1 unspecified atom stereocenters. The van der Waals surface area contributed by atoms with E-state index < -0.39 is 0 Å². The van der Waals surface area contributed by atoms with E-state index in [1.165, 1.54) is 11.1 Å². The van der Waals surface area contributed by atoms with Crippen molar-refractivity contribution in [3.05, 3.63) is 64.5 Å². The SMILES string of the molecule is Cc1[c]c(C)c(C2NCCc3ccccc32)nc1. The van der Waals surface area contributed by atoms with Gasteiger partial charge in [-0.05, 0) is 48.6 Å². The first kappa shape index (κ1) is 11.4. The van der Waals surface area contributed by atoms with Crippen LogP contribution in [0.4, 0.5) is 0 Å². The topological polar surface area (TPSA) is 24.9 Å². The summed E-state index contributed by atoms with van der Waals surface area (Å²) in [6.07, 6.45) is 3.00. The van der Waals surface area contributed by atoms with E-state index in [4.69, 9.17) is 0 Å². The summed E-state index contributed by atoms with van der Waals surface area (Å²) < 4.78 is 0. The predicted molar refractivity (Wildman–Crippen MR) is 72.5 cm³/mol. The van der Waals surface area contributed by atoms with Gasteiger partial charge in [0, 0.05) is 12.7 Å². The molecule has 3 rings (SSSR count). The minimum absolute atomic E-state index is 0.215. The molecule has 1 aromatic heterocycles. The van der Waals surface area contributed by atoms with Crippen LogP contribution in [0.15, 0.2) is 30.5 Å². The highest BCUT2D eigenvalue weighted by atomic mass is 14.9. The summed E-state index contributed by atoms with van der Waals surface area (Å²) in [4.78, 5) is 4.61. The number of hydrogen-bond donors (Lipinski definition) is 1. The maximum absolute atomic E-state index is 4.61. The number of nitrogens with zero attached hydrogens (tertiary/aromatic N) is 1. The van der Waals surface area contributed by atoms with Crippen LogP contribution in [-0.2, 0) is 6.42 Å². The molecule has 1 radical (unpaired) electrons. The van der Waals surface area contributed by atoms with Crippen molar-refractivity contribution in [3.8, 4) is 0 Å². The molecule has 0 fully saturated rings. The highest BCUT2D eigenvalue weighted by Gasteiger charge is 2.23. The van der Waals surface area contributed by atoms with Crippen LogP contribution < -0.4 is 5.32 Å². The number of pyridine rings is 1. The third kappa shape index (κ3) is 1.93. The van der Waals surface area contributed by atoms with E-state index in [2.05, 4.69) is 47.6 Å². The fourth-order valence-corrected chi connectivity index (χ4v) is 2.69. The normalized spacial score (nSPS) is 18.4. The van der Waals surface area contributed by atoms with E-state index in [9.17, 15) is 0 Å². The Kier molecular flexibility index (Phi) is 2.88. The molecule has 91 valence electrons. The summed E-state index contributed by atoms with van der Waals surface area (Å²) in [7, 11) is 0. The molecule has 18 heavy (non-hydrogen) atoms. The Morgan fingerprint density at radius 2 is 2.11 bits per heavy atom. The number of benzene rings is 1. The van der Waals surface area contributed by atoms with E-state index in [-0.39, 0.29) is 6.04 Å². The minimum atomic E-state index is 0.215. The molecule has 0 spiro atoms. The first-order valence-electron chi connectivity index (χ1n) is 6.42. The molecular weight excluding hydrogens is 220 g/mol.